The number of rotatable bonds is 6. The minimum absolute atomic E-state index is 0.507. The highest BCUT2D eigenvalue weighted by molar-refractivity contribution is 5.63. The normalized spacial score (nSPS) is 10.2. The number of nitrogens with zero attached hydrogens (tertiary/aromatic N) is 3. The molecule has 0 unspecified atom stereocenters. The summed E-state index contributed by atoms with van der Waals surface area (Å²) in [6.07, 6.45) is 1.73. The predicted molar refractivity (Wildman–Crippen MR) is 99.4 cm³/mol. The first kappa shape index (κ1) is 16.6. The highest BCUT2D eigenvalue weighted by Gasteiger charge is 2.08. The standard InChI is InChI=1S/C19H20N4O2/c1-23(15-7-5-4-6-8-15)18-11-12-20-19(22-18)21-14-9-10-16(24-2)17(13-14)25-3/h4-13H,1-3H3,(H,20,21,22). The lowest BCUT2D eigenvalue weighted by molar-refractivity contribution is 0.355. The van der Waals surface area contributed by atoms with Crippen LogP contribution in [0, 0.1) is 0 Å². The number of methoxy groups -OCH3 is 2. The third-order valence-corrected chi connectivity index (χ3v) is 3.77. The molecule has 6 heteroatoms. The van der Waals surface area contributed by atoms with Gasteiger partial charge in [0.1, 0.15) is 5.82 Å². The van der Waals surface area contributed by atoms with E-state index in [1.165, 1.54) is 0 Å². The van der Waals surface area contributed by atoms with Gasteiger partial charge in [-0.25, -0.2) is 4.98 Å². The van der Waals surface area contributed by atoms with Crippen LogP contribution in [0.15, 0.2) is 60.8 Å². The van der Waals surface area contributed by atoms with Crippen LogP contribution in [0.25, 0.3) is 0 Å². The number of aromatic nitrogens is 2. The molecular formula is C19H20N4O2. The van der Waals surface area contributed by atoms with Crippen LogP contribution in [-0.2, 0) is 0 Å². The van der Waals surface area contributed by atoms with Crippen molar-refractivity contribution in [2.24, 2.45) is 0 Å². The van der Waals surface area contributed by atoms with Crippen molar-refractivity contribution in [1.82, 2.24) is 9.97 Å². The lowest BCUT2D eigenvalue weighted by atomic mass is 10.3. The van der Waals surface area contributed by atoms with Crippen LogP contribution in [0.1, 0.15) is 0 Å². The summed E-state index contributed by atoms with van der Waals surface area (Å²) in [5.74, 6) is 2.62. The number of anilines is 4. The fourth-order valence-electron chi connectivity index (χ4n) is 2.42. The molecule has 0 spiro atoms. The molecule has 0 amide bonds. The summed E-state index contributed by atoms with van der Waals surface area (Å²) in [6.45, 7) is 0. The van der Waals surface area contributed by atoms with Crippen molar-refractivity contribution in [2.45, 2.75) is 0 Å². The van der Waals surface area contributed by atoms with E-state index < -0.39 is 0 Å². The monoisotopic (exact) mass is 336 g/mol. The van der Waals surface area contributed by atoms with Gasteiger partial charge in [-0.05, 0) is 30.3 Å². The molecule has 0 aliphatic heterocycles. The smallest absolute Gasteiger partial charge is 0.229 e. The number of hydrogen-bond acceptors (Lipinski definition) is 6. The molecule has 0 radical (unpaired) electrons. The Balaban J connectivity index is 1.82. The zero-order valence-electron chi connectivity index (χ0n) is 14.4. The SMILES string of the molecule is COc1ccc(Nc2nccc(N(C)c3ccccc3)n2)cc1OC. The van der Waals surface area contributed by atoms with Crippen molar-refractivity contribution in [3.63, 3.8) is 0 Å². The Morgan fingerprint density at radius 1 is 0.920 bits per heavy atom. The fourth-order valence-corrected chi connectivity index (χ4v) is 2.42. The van der Waals surface area contributed by atoms with Crippen molar-refractivity contribution in [2.75, 3.05) is 31.5 Å². The Kier molecular flexibility index (Phi) is 4.99. The van der Waals surface area contributed by atoms with E-state index in [2.05, 4.69) is 15.3 Å². The molecule has 25 heavy (non-hydrogen) atoms. The second-order valence-electron chi connectivity index (χ2n) is 5.33. The largest absolute Gasteiger partial charge is 0.493 e. The second-order valence-corrected chi connectivity index (χ2v) is 5.33. The maximum Gasteiger partial charge on any atom is 0.229 e. The lowest BCUT2D eigenvalue weighted by Crippen LogP contribution is -2.12. The van der Waals surface area contributed by atoms with Gasteiger partial charge in [0.05, 0.1) is 14.2 Å². The fraction of sp³-hybridized carbons (Fsp3) is 0.158. The Hall–Kier alpha value is -3.28. The van der Waals surface area contributed by atoms with Gasteiger partial charge in [-0.1, -0.05) is 18.2 Å². The van der Waals surface area contributed by atoms with Crippen LogP contribution in [0.2, 0.25) is 0 Å². The molecule has 3 aromatic rings. The zero-order chi connectivity index (χ0) is 17.6. The van der Waals surface area contributed by atoms with Crippen LogP contribution in [0.3, 0.4) is 0 Å². The van der Waals surface area contributed by atoms with Gasteiger partial charge in [0.2, 0.25) is 5.95 Å². The molecule has 2 aromatic carbocycles. The third kappa shape index (κ3) is 3.80. The predicted octanol–water partition coefficient (Wildman–Crippen LogP) is 4.01. The first-order valence-electron chi connectivity index (χ1n) is 7.82. The average molecular weight is 336 g/mol. The highest BCUT2D eigenvalue weighted by atomic mass is 16.5. The van der Waals surface area contributed by atoms with Gasteiger partial charge < -0.3 is 19.7 Å². The molecular weight excluding hydrogens is 316 g/mol. The van der Waals surface area contributed by atoms with E-state index in [1.807, 2.05) is 66.5 Å². The Morgan fingerprint density at radius 2 is 1.68 bits per heavy atom. The molecule has 0 bridgehead atoms. The van der Waals surface area contributed by atoms with Crippen molar-refractivity contribution < 1.29 is 9.47 Å². The summed E-state index contributed by atoms with van der Waals surface area (Å²) in [6, 6.07) is 17.5. The second kappa shape index (κ2) is 7.53. The quantitative estimate of drug-likeness (QED) is 0.734. The molecule has 128 valence electrons. The average Bonchev–Trinajstić information content (AvgIpc) is 2.68. The van der Waals surface area contributed by atoms with Gasteiger partial charge in [0.15, 0.2) is 11.5 Å². The highest BCUT2D eigenvalue weighted by Crippen LogP contribution is 2.31. The first-order chi connectivity index (χ1) is 12.2. The summed E-state index contributed by atoms with van der Waals surface area (Å²) in [7, 11) is 5.18. The van der Waals surface area contributed by atoms with E-state index in [0.717, 1.165) is 17.2 Å². The molecule has 0 saturated carbocycles. The van der Waals surface area contributed by atoms with Gasteiger partial charge >= 0.3 is 0 Å². The van der Waals surface area contributed by atoms with Gasteiger partial charge in [-0.2, -0.15) is 4.98 Å². The van der Waals surface area contributed by atoms with Crippen molar-refractivity contribution in [3.05, 3.63) is 60.8 Å². The maximum atomic E-state index is 5.32. The third-order valence-electron chi connectivity index (χ3n) is 3.77. The first-order valence-corrected chi connectivity index (χ1v) is 7.82. The number of para-hydroxylation sites is 1. The number of ether oxygens (including phenoxy) is 2. The summed E-state index contributed by atoms with van der Waals surface area (Å²) in [5.41, 5.74) is 1.87. The van der Waals surface area contributed by atoms with Crippen molar-refractivity contribution >= 4 is 23.1 Å². The van der Waals surface area contributed by atoms with Crippen LogP contribution in [-0.4, -0.2) is 31.2 Å². The number of hydrogen-bond donors (Lipinski definition) is 1. The lowest BCUT2D eigenvalue weighted by Gasteiger charge is -2.18. The molecule has 1 heterocycles. The molecule has 0 saturated heterocycles. The van der Waals surface area contributed by atoms with Crippen LogP contribution >= 0.6 is 0 Å². The minimum atomic E-state index is 0.507. The Morgan fingerprint density at radius 3 is 2.40 bits per heavy atom. The van der Waals surface area contributed by atoms with E-state index in [4.69, 9.17) is 9.47 Å². The summed E-state index contributed by atoms with van der Waals surface area (Å²) in [5, 5.41) is 3.19. The number of benzene rings is 2. The molecule has 3 rings (SSSR count). The van der Waals surface area contributed by atoms with Crippen LogP contribution in [0.4, 0.5) is 23.1 Å². The van der Waals surface area contributed by atoms with Gasteiger partial charge in [-0.15, -0.1) is 0 Å². The minimum Gasteiger partial charge on any atom is -0.493 e. The summed E-state index contributed by atoms with van der Waals surface area (Å²) in [4.78, 5) is 10.9. The molecule has 1 N–H and O–H groups in total. The molecule has 0 aliphatic carbocycles. The van der Waals surface area contributed by atoms with E-state index in [0.29, 0.717) is 17.4 Å². The Labute approximate surface area is 147 Å². The molecule has 0 fully saturated rings. The van der Waals surface area contributed by atoms with Crippen molar-refractivity contribution in [3.8, 4) is 11.5 Å². The van der Waals surface area contributed by atoms with Crippen molar-refractivity contribution in [1.29, 1.82) is 0 Å². The van der Waals surface area contributed by atoms with Crippen LogP contribution in [0.5, 0.6) is 11.5 Å². The van der Waals surface area contributed by atoms with Gasteiger partial charge in [-0.3, -0.25) is 0 Å². The van der Waals surface area contributed by atoms with E-state index in [-0.39, 0.29) is 0 Å². The topological polar surface area (TPSA) is 59.5 Å². The van der Waals surface area contributed by atoms with E-state index in [1.54, 1.807) is 20.4 Å². The van der Waals surface area contributed by atoms with Crippen LogP contribution < -0.4 is 19.7 Å². The Bertz CT molecular complexity index is 840. The summed E-state index contributed by atoms with van der Waals surface area (Å²) < 4.78 is 10.6. The molecule has 6 nitrogen and oxygen atoms in total. The van der Waals surface area contributed by atoms with Gasteiger partial charge in [0, 0.05) is 30.7 Å². The zero-order valence-corrected chi connectivity index (χ0v) is 14.4. The molecule has 0 atom stereocenters. The van der Waals surface area contributed by atoms with E-state index in [9.17, 15) is 0 Å². The molecule has 1 aromatic heterocycles. The van der Waals surface area contributed by atoms with Gasteiger partial charge in [0.25, 0.3) is 0 Å². The number of nitrogens with one attached hydrogen (secondary N) is 1. The maximum absolute atomic E-state index is 5.32. The van der Waals surface area contributed by atoms with E-state index >= 15 is 0 Å². The summed E-state index contributed by atoms with van der Waals surface area (Å²) >= 11 is 0. The molecule has 0 aliphatic rings.